The van der Waals surface area contributed by atoms with Crippen LogP contribution >= 0.6 is 0 Å². The van der Waals surface area contributed by atoms with E-state index in [9.17, 15) is 10.1 Å². The van der Waals surface area contributed by atoms with Crippen LogP contribution in [-0.2, 0) is 0 Å². The number of benzene rings is 3. The molecule has 0 aliphatic rings. The zero-order chi connectivity index (χ0) is 17.2. The molecule has 1 heterocycles. The number of fused-ring (bicyclic) bond motifs is 1. The van der Waals surface area contributed by atoms with Crippen molar-refractivity contribution in [3.8, 4) is 22.9 Å². The Bertz CT molecular complexity index is 1020. The maximum absolute atomic E-state index is 10.7. The third-order valence-corrected chi connectivity index (χ3v) is 3.78. The molecule has 6 heteroatoms. The Morgan fingerprint density at radius 1 is 0.920 bits per heavy atom. The summed E-state index contributed by atoms with van der Waals surface area (Å²) in [5, 5.41) is 10.7. The Labute approximate surface area is 142 Å². The lowest BCUT2D eigenvalue weighted by atomic mass is 10.2. The highest BCUT2D eigenvalue weighted by atomic mass is 16.6. The highest BCUT2D eigenvalue weighted by Gasteiger charge is 2.08. The highest BCUT2D eigenvalue weighted by molar-refractivity contribution is 5.79. The van der Waals surface area contributed by atoms with E-state index in [4.69, 9.17) is 4.74 Å². The van der Waals surface area contributed by atoms with E-state index in [0.29, 0.717) is 11.5 Å². The molecular weight excluding hydrogens is 318 g/mol. The first kappa shape index (κ1) is 14.9. The van der Waals surface area contributed by atoms with Crippen molar-refractivity contribution in [1.29, 1.82) is 0 Å². The summed E-state index contributed by atoms with van der Waals surface area (Å²) >= 11 is 0. The summed E-state index contributed by atoms with van der Waals surface area (Å²) in [5.74, 6) is 1.93. The number of nitrogens with one attached hydrogen (secondary N) is 1. The summed E-state index contributed by atoms with van der Waals surface area (Å²) in [7, 11) is 0. The molecule has 0 aliphatic carbocycles. The summed E-state index contributed by atoms with van der Waals surface area (Å²) < 4.78 is 5.79. The number of para-hydroxylation sites is 2. The molecule has 122 valence electrons. The van der Waals surface area contributed by atoms with Gasteiger partial charge in [0, 0.05) is 17.7 Å². The minimum atomic E-state index is -0.439. The van der Waals surface area contributed by atoms with Crippen LogP contribution in [0.2, 0.25) is 0 Å². The lowest BCUT2D eigenvalue weighted by molar-refractivity contribution is -0.384. The number of ether oxygens (including phenoxy) is 1. The monoisotopic (exact) mass is 331 g/mol. The first-order chi connectivity index (χ1) is 12.2. The molecule has 0 radical (unpaired) electrons. The number of hydrogen-bond acceptors (Lipinski definition) is 4. The van der Waals surface area contributed by atoms with Gasteiger partial charge in [-0.3, -0.25) is 10.1 Å². The standard InChI is InChI=1S/C19H13N3O3/c23-22(24)14-8-10-15(11-9-14)25-16-5-3-4-13(12-16)19-20-17-6-1-2-7-18(17)21-19/h1-12H,(H,20,21). The van der Waals surface area contributed by atoms with Crippen LogP contribution in [0.15, 0.2) is 72.8 Å². The van der Waals surface area contributed by atoms with Gasteiger partial charge >= 0.3 is 0 Å². The van der Waals surface area contributed by atoms with Gasteiger partial charge in [-0.05, 0) is 36.4 Å². The van der Waals surface area contributed by atoms with Crippen LogP contribution in [0.3, 0.4) is 0 Å². The second kappa shape index (κ2) is 6.09. The molecule has 0 atom stereocenters. The van der Waals surface area contributed by atoms with Gasteiger partial charge in [-0.1, -0.05) is 24.3 Å². The quantitative estimate of drug-likeness (QED) is 0.424. The van der Waals surface area contributed by atoms with E-state index in [1.165, 1.54) is 12.1 Å². The first-order valence-corrected chi connectivity index (χ1v) is 7.66. The van der Waals surface area contributed by atoms with Crippen molar-refractivity contribution in [3.63, 3.8) is 0 Å². The molecular formula is C19H13N3O3. The third-order valence-electron chi connectivity index (χ3n) is 3.78. The normalized spacial score (nSPS) is 10.7. The summed E-state index contributed by atoms with van der Waals surface area (Å²) in [6, 6.07) is 21.3. The topological polar surface area (TPSA) is 81.1 Å². The first-order valence-electron chi connectivity index (χ1n) is 7.66. The van der Waals surface area contributed by atoms with Gasteiger partial charge in [0.15, 0.2) is 0 Å². The number of rotatable bonds is 4. The summed E-state index contributed by atoms with van der Waals surface area (Å²) in [4.78, 5) is 18.1. The van der Waals surface area contributed by atoms with Gasteiger partial charge in [-0.25, -0.2) is 4.98 Å². The van der Waals surface area contributed by atoms with Gasteiger partial charge in [0.2, 0.25) is 0 Å². The molecule has 3 aromatic carbocycles. The van der Waals surface area contributed by atoms with E-state index in [2.05, 4.69) is 9.97 Å². The lowest BCUT2D eigenvalue weighted by Gasteiger charge is -2.06. The smallest absolute Gasteiger partial charge is 0.269 e. The van der Waals surface area contributed by atoms with Crippen LogP contribution in [0, 0.1) is 10.1 Å². The zero-order valence-corrected chi connectivity index (χ0v) is 13.0. The molecule has 1 N–H and O–H groups in total. The van der Waals surface area contributed by atoms with Crippen LogP contribution < -0.4 is 4.74 Å². The van der Waals surface area contributed by atoms with E-state index in [1.54, 1.807) is 12.1 Å². The molecule has 0 unspecified atom stereocenters. The summed E-state index contributed by atoms with van der Waals surface area (Å²) in [6.45, 7) is 0. The Morgan fingerprint density at radius 3 is 2.48 bits per heavy atom. The van der Waals surface area contributed by atoms with Crippen LogP contribution in [0.5, 0.6) is 11.5 Å². The second-order valence-corrected chi connectivity index (χ2v) is 5.48. The van der Waals surface area contributed by atoms with E-state index < -0.39 is 4.92 Å². The molecule has 0 aliphatic heterocycles. The number of non-ortho nitro benzene ring substituents is 1. The van der Waals surface area contributed by atoms with E-state index in [-0.39, 0.29) is 5.69 Å². The molecule has 0 saturated heterocycles. The fourth-order valence-electron chi connectivity index (χ4n) is 2.57. The second-order valence-electron chi connectivity index (χ2n) is 5.48. The van der Waals surface area contributed by atoms with E-state index in [0.717, 1.165) is 22.4 Å². The van der Waals surface area contributed by atoms with Crippen molar-refractivity contribution in [1.82, 2.24) is 9.97 Å². The molecule has 0 saturated carbocycles. The van der Waals surface area contributed by atoms with Crippen LogP contribution in [0.4, 0.5) is 5.69 Å². The number of hydrogen-bond donors (Lipinski definition) is 1. The number of nitro benzene ring substituents is 1. The average Bonchev–Trinajstić information content (AvgIpc) is 3.07. The maximum Gasteiger partial charge on any atom is 0.269 e. The van der Waals surface area contributed by atoms with Crippen LogP contribution in [0.1, 0.15) is 0 Å². The van der Waals surface area contributed by atoms with Crippen molar-refractivity contribution in [2.45, 2.75) is 0 Å². The fraction of sp³-hybridized carbons (Fsp3) is 0. The Morgan fingerprint density at radius 2 is 1.72 bits per heavy atom. The van der Waals surface area contributed by atoms with Crippen molar-refractivity contribution < 1.29 is 9.66 Å². The fourth-order valence-corrected chi connectivity index (χ4v) is 2.57. The molecule has 1 aromatic heterocycles. The molecule has 6 nitrogen and oxygen atoms in total. The summed E-state index contributed by atoms with van der Waals surface area (Å²) in [5.41, 5.74) is 2.80. The van der Waals surface area contributed by atoms with Gasteiger partial charge in [0.25, 0.3) is 5.69 Å². The SMILES string of the molecule is O=[N+]([O-])c1ccc(Oc2cccc(-c3nc4ccccc4[nH]3)c2)cc1. The van der Waals surface area contributed by atoms with Gasteiger partial charge in [-0.15, -0.1) is 0 Å². The maximum atomic E-state index is 10.7. The number of H-pyrrole nitrogens is 1. The molecule has 4 aromatic rings. The van der Waals surface area contributed by atoms with Crippen LogP contribution in [-0.4, -0.2) is 14.9 Å². The summed E-state index contributed by atoms with van der Waals surface area (Å²) in [6.07, 6.45) is 0. The van der Waals surface area contributed by atoms with Crippen molar-refractivity contribution in [2.75, 3.05) is 0 Å². The minimum Gasteiger partial charge on any atom is -0.457 e. The Hall–Kier alpha value is -3.67. The predicted molar refractivity (Wildman–Crippen MR) is 94.7 cm³/mol. The van der Waals surface area contributed by atoms with E-state index in [1.807, 2.05) is 48.5 Å². The largest absolute Gasteiger partial charge is 0.457 e. The molecule has 0 fully saturated rings. The average molecular weight is 331 g/mol. The Kier molecular flexibility index (Phi) is 3.63. The van der Waals surface area contributed by atoms with Gasteiger partial charge < -0.3 is 9.72 Å². The van der Waals surface area contributed by atoms with Crippen molar-refractivity contribution >= 4 is 16.7 Å². The van der Waals surface area contributed by atoms with Gasteiger partial charge in [0.05, 0.1) is 16.0 Å². The Balaban J connectivity index is 1.61. The van der Waals surface area contributed by atoms with Crippen molar-refractivity contribution in [3.05, 3.63) is 82.9 Å². The van der Waals surface area contributed by atoms with Gasteiger partial charge in [-0.2, -0.15) is 0 Å². The molecule has 0 bridgehead atoms. The number of nitro groups is 1. The van der Waals surface area contributed by atoms with Crippen molar-refractivity contribution in [2.24, 2.45) is 0 Å². The number of aromatic amines is 1. The van der Waals surface area contributed by atoms with Crippen LogP contribution in [0.25, 0.3) is 22.4 Å². The lowest BCUT2D eigenvalue weighted by Crippen LogP contribution is -1.89. The van der Waals surface area contributed by atoms with Gasteiger partial charge in [0.1, 0.15) is 17.3 Å². The minimum absolute atomic E-state index is 0.0309. The zero-order valence-electron chi connectivity index (χ0n) is 13.0. The van der Waals surface area contributed by atoms with E-state index >= 15 is 0 Å². The highest BCUT2D eigenvalue weighted by Crippen LogP contribution is 2.28. The predicted octanol–water partition coefficient (Wildman–Crippen LogP) is 4.93. The number of imidazole rings is 1. The number of nitrogens with zero attached hydrogens (tertiary/aromatic N) is 2. The number of aromatic nitrogens is 2. The third kappa shape index (κ3) is 3.05. The molecule has 0 spiro atoms. The molecule has 25 heavy (non-hydrogen) atoms. The molecule has 0 amide bonds. The molecule has 4 rings (SSSR count).